The molecule has 0 aromatic rings. The van der Waals surface area contributed by atoms with E-state index in [1.165, 1.54) is 25.7 Å². The summed E-state index contributed by atoms with van der Waals surface area (Å²) in [5.41, 5.74) is 6.56. The van der Waals surface area contributed by atoms with E-state index in [2.05, 4.69) is 27.7 Å². The van der Waals surface area contributed by atoms with Crippen LogP contribution in [0.4, 0.5) is 0 Å². The van der Waals surface area contributed by atoms with E-state index in [0.717, 1.165) is 11.8 Å². The van der Waals surface area contributed by atoms with Crippen molar-refractivity contribution in [1.82, 2.24) is 0 Å². The van der Waals surface area contributed by atoms with Crippen molar-refractivity contribution in [2.24, 2.45) is 23.0 Å². The van der Waals surface area contributed by atoms with Crippen molar-refractivity contribution in [2.45, 2.75) is 59.4 Å². The second kappa shape index (κ2) is 4.00. The minimum Gasteiger partial charge on any atom is -0.328 e. The molecule has 0 radical (unpaired) electrons. The lowest BCUT2D eigenvalue weighted by Gasteiger charge is -2.44. The summed E-state index contributed by atoms with van der Waals surface area (Å²) in [7, 11) is 0. The first-order valence-electron chi connectivity index (χ1n) is 5.73. The molecule has 0 heterocycles. The zero-order valence-electron chi connectivity index (χ0n) is 9.64. The van der Waals surface area contributed by atoms with Crippen molar-refractivity contribution in [2.75, 3.05) is 0 Å². The van der Waals surface area contributed by atoms with Crippen LogP contribution < -0.4 is 5.73 Å². The largest absolute Gasteiger partial charge is 0.328 e. The lowest BCUT2D eigenvalue weighted by Crippen LogP contribution is -2.40. The first kappa shape index (κ1) is 11.0. The van der Waals surface area contributed by atoms with Crippen molar-refractivity contribution in [1.29, 1.82) is 0 Å². The zero-order valence-corrected chi connectivity index (χ0v) is 9.64. The summed E-state index contributed by atoms with van der Waals surface area (Å²) in [4.78, 5) is 0. The second-order valence-electron chi connectivity index (χ2n) is 5.52. The SMILES string of the molecule is CCC(C)C1CC(N)CCC1(C)C. The van der Waals surface area contributed by atoms with Crippen molar-refractivity contribution >= 4 is 0 Å². The summed E-state index contributed by atoms with van der Waals surface area (Å²) < 4.78 is 0. The molecule has 0 saturated heterocycles. The van der Waals surface area contributed by atoms with Crippen LogP contribution in [0.5, 0.6) is 0 Å². The molecule has 1 saturated carbocycles. The van der Waals surface area contributed by atoms with Crippen molar-refractivity contribution in [3.05, 3.63) is 0 Å². The summed E-state index contributed by atoms with van der Waals surface area (Å²) in [6, 6.07) is 0.465. The Morgan fingerprint density at radius 3 is 2.62 bits per heavy atom. The highest BCUT2D eigenvalue weighted by Crippen LogP contribution is 2.44. The van der Waals surface area contributed by atoms with Gasteiger partial charge >= 0.3 is 0 Å². The number of rotatable bonds is 2. The highest BCUT2D eigenvalue weighted by Gasteiger charge is 2.37. The molecule has 13 heavy (non-hydrogen) atoms. The van der Waals surface area contributed by atoms with Gasteiger partial charge in [-0.15, -0.1) is 0 Å². The predicted molar refractivity (Wildman–Crippen MR) is 58.6 cm³/mol. The topological polar surface area (TPSA) is 26.0 Å². The number of hydrogen-bond acceptors (Lipinski definition) is 1. The normalized spacial score (nSPS) is 35.8. The van der Waals surface area contributed by atoms with Crippen LogP contribution in [-0.2, 0) is 0 Å². The van der Waals surface area contributed by atoms with Gasteiger partial charge in [-0.3, -0.25) is 0 Å². The van der Waals surface area contributed by atoms with Crippen LogP contribution in [0.15, 0.2) is 0 Å². The molecular weight excluding hydrogens is 158 g/mol. The molecule has 0 aromatic heterocycles. The average molecular weight is 183 g/mol. The Hall–Kier alpha value is -0.0400. The molecule has 3 atom stereocenters. The second-order valence-corrected chi connectivity index (χ2v) is 5.52. The zero-order chi connectivity index (χ0) is 10.1. The number of hydrogen-bond donors (Lipinski definition) is 1. The molecule has 1 rings (SSSR count). The third-order valence-corrected chi connectivity index (χ3v) is 4.05. The first-order valence-corrected chi connectivity index (χ1v) is 5.73. The van der Waals surface area contributed by atoms with E-state index in [1.54, 1.807) is 0 Å². The first-order chi connectivity index (χ1) is 5.97. The minimum absolute atomic E-state index is 0.465. The molecule has 1 aliphatic carbocycles. The highest BCUT2D eigenvalue weighted by molar-refractivity contribution is 4.89. The molecule has 78 valence electrons. The molecule has 0 aromatic carbocycles. The fraction of sp³-hybridized carbons (Fsp3) is 1.00. The Labute approximate surface area is 83.1 Å². The summed E-state index contributed by atoms with van der Waals surface area (Å²) in [6.07, 6.45) is 5.06. The molecule has 0 spiro atoms. The van der Waals surface area contributed by atoms with E-state index >= 15 is 0 Å². The van der Waals surface area contributed by atoms with Crippen LogP contribution >= 0.6 is 0 Å². The van der Waals surface area contributed by atoms with Gasteiger partial charge in [0.2, 0.25) is 0 Å². The van der Waals surface area contributed by atoms with Gasteiger partial charge in [-0.2, -0.15) is 0 Å². The summed E-state index contributed by atoms with van der Waals surface area (Å²) in [5, 5.41) is 0. The van der Waals surface area contributed by atoms with E-state index in [9.17, 15) is 0 Å². The van der Waals surface area contributed by atoms with E-state index in [1.807, 2.05) is 0 Å². The van der Waals surface area contributed by atoms with Gasteiger partial charge in [0.1, 0.15) is 0 Å². The van der Waals surface area contributed by atoms with E-state index in [-0.39, 0.29) is 0 Å². The summed E-state index contributed by atoms with van der Waals surface area (Å²) >= 11 is 0. The van der Waals surface area contributed by atoms with Crippen LogP contribution in [-0.4, -0.2) is 6.04 Å². The fourth-order valence-corrected chi connectivity index (χ4v) is 2.79. The maximum atomic E-state index is 6.04. The summed E-state index contributed by atoms with van der Waals surface area (Å²) in [6.45, 7) is 9.50. The van der Waals surface area contributed by atoms with E-state index in [0.29, 0.717) is 11.5 Å². The fourth-order valence-electron chi connectivity index (χ4n) is 2.79. The van der Waals surface area contributed by atoms with E-state index < -0.39 is 0 Å². The molecule has 1 aliphatic rings. The third kappa shape index (κ3) is 2.46. The van der Waals surface area contributed by atoms with Gasteiger partial charge in [-0.1, -0.05) is 34.1 Å². The molecule has 1 nitrogen and oxygen atoms in total. The monoisotopic (exact) mass is 183 g/mol. The molecule has 1 fully saturated rings. The lowest BCUT2D eigenvalue weighted by molar-refractivity contribution is 0.0758. The molecule has 2 N–H and O–H groups in total. The average Bonchev–Trinajstić information content (AvgIpc) is 2.08. The smallest absolute Gasteiger partial charge is 0.00419 e. The lowest BCUT2D eigenvalue weighted by atomic mass is 9.62. The molecule has 3 unspecified atom stereocenters. The number of nitrogens with two attached hydrogens (primary N) is 1. The van der Waals surface area contributed by atoms with Crippen LogP contribution in [0.2, 0.25) is 0 Å². The Bertz CT molecular complexity index is 163. The van der Waals surface area contributed by atoms with Crippen molar-refractivity contribution in [3.63, 3.8) is 0 Å². The Balaban J connectivity index is 2.66. The Morgan fingerprint density at radius 2 is 2.08 bits per heavy atom. The van der Waals surface area contributed by atoms with Gasteiger partial charge < -0.3 is 5.73 Å². The minimum atomic E-state index is 0.465. The summed E-state index contributed by atoms with van der Waals surface area (Å²) in [5.74, 6) is 1.67. The van der Waals surface area contributed by atoms with E-state index in [4.69, 9.17) is 5.73 Å². The van der Waals surface area contributed by atoms with Gasteiger partial charge in [0.15, 0.2) is 0 Å². The highest BCUT2D eigenvalue weighted by atomic mass is 14.7. The van der Waals surface area contributed by atoms with Gasteiger partial charge in [0, 0.05) is 6.04 Å². The molecule has 0 amide bonds. The van der Waals surface area contributed by atoms with Crippen LogP contribution in [0.3, 0.4) is 0 Å². The van der Waals surface area contributed by atoms with Crippen LogP contribution in [0, 0.1) is 17.3 Å². The van der Waals surface area contributed by atoms with Gasteiger partial charge in [-0.05, 0) is 36.5 Å². The molecule has 0 aliphatic heterocycles. The van der Waals surface area contributed by atoms with Crippen molar-refractivity contribution < 1.29 is 0 Å². The van der Waals surface area contributed by atoms with Crippen LogP contribution in [0.1, 0.15) is 53.4 Å². The maximum absolute atomic E-state index is 6.04. The standard InChI is InChI=1S/C12H25N/c1-5-9(2)11-8-10(13)6-7-12(11,3)4/h9-11H,5-8,13H2,1-4H3. The third-order valence-electron chi connectivity index (χ3n) is 4.05. The quantitative estimate of drug-likeness (QED) is 0.699. The van der Waals surface area contributed by atoms with Crippen molar-refractivity contribution in [3.8, 4) is 0 Å². The Kier molecular flexibility index (Phi) is 3.39. The van der Waals surface area contributed by atoms with Crippen LogP contribution in [0.25, 0.3) is 0 Å². The van der Waals surface area contributed by atoms with Gasteiger partial charge in [-0.25, -0.2) is 0 Å². The van der Waals surface area contributed by atoms with Gasteiger partial charge in [0.25, 0.3) is 0 Å². The molecule has 1 heteroatoms. The predicted octanol–water partition coefficient (Wildman–Crippen LogP) is 3.19. The maximum Gasteiger partial charge on any atom is 0.00419 e. The molecular formula is C12H25N. The Morgan fingerprint density at radius 1 is 1.46 bits per heavy atom. The van der Waals surface area contributed by atoms with Gasteiger partial charge in [0.05, 0.1) is 0 Å². The molecule has 0 bridgehead atoms.